The molecule has 1 aliphatic rings. The molecule has 0 bridgehead atoms. The Bertz CT molecular complexity index is 880. The van der Waals surface area contributed by atoms with Gasteiger partial charge in [-0.1, -0.05) is 0 Å². The second-order valence-electron chi connectivity index (χ2n) is 8.20. The summed E-state index contributed by atoms with van der Waals surface area (Å²) >= 11 is 0. The maximum Gasteiger partial charge on any atom is 0.573 e. The first kappa shape index (κ1) is 21.9. The van der Waals surface area contributed by atoms with Gasteiger partial charge in [0.05, 0.1) is 6.04 Å². The van der Waals surface area contributed by atoms with Gasteiger partial charge in [-0.2, -0.15) is 5.10 Å². The maximum absolute atomic E-state index is 12.4. The van der Waals surface area contributed by atoms with Crippen molar-refractivity contribution in [3.8, 4) is 17.1 Å². The Morgan fingerprint density at radius 3 is 2.23 bits per heavy atom. The van der Waals surface area contributed by atoms with Crippen LogP contribution in [0.5, 0.6) is 5.75 Å². The van der Waals surface area contributed by atoms with Crippen molar-refractivity contribution in [2.45, 2.75) is 58.5 Å². The van der Waals surface area contributed by atoms with Crippen LogP contribution in [0.2, 0.25) is 0 Å². The van der Waals surface area contributed by atoms with Crippen LogP contribution in [0.1, 0.15) is 45.5 Å². The van der Waals surface area contributed by atoms with Gasteiger partial charge in [0, 0.05) is 18.7 Å². The summed E-state index contributed by atoms with van der Waals surface area (Å²) in [5, 5.41) is 4.48. The fourth-order valence-electron chi connectivity index (χ4n) is 3.31. The van der Waals surface area contributed by atoms with Crippen molar-refractivity contribution < 1.29 is 27.4 Å². The Morgan fingerprint density at radius 1 is 1.10 bits per heavy atom. The lowest BCUT2D eigenvalue weighted by molar-refractivity contribution is -0.274. The maximum atomic E-state index is 12.4. The number of carbonyl (C=O) groups excluding carboxylic acids is 1. The number of alkyl halides is 3. The Labute approximate surface area is 172 Å². The molecule has 0 spiro atoms. The minimum absolute atomic E-state index is 0.0194. The van der Waals surface area contributed by atoms with Gasteiger partial charge >= 0.3 is 12.5 Å². The molecule has 1 aromatic carbocycles. The largest absolute Gasteiger partial charge is 0.573 e. The second kappa shape index (κ2) is 8.16. The zero-order valence-electron chi connectivity index (χ0n) is 17.4. The number of amides is 1. The van der Waals surface area contributed by atoms with Crippen LogP contribution in [-0.2, 0) is 4.74 Å². The van der Waals surface area contributed by atoms with E-state index >= 15 is 0 Å². The quantitative estimate of drug-likeness (QED) is 0.710. The number of benzene rings is 1. The lowest BCUT2D eigenvalue weighted by atomic mass is 10.0. The van der Waals surface area contributed by atoms with E-state index in [9.17, 15) is 18.0 Å². The molecule has 164 valence electrons. The van der Waals surface area contributed by atoms with Crippen LogP contribution < -0.4 is 4.74 Å². The summed E-state index contributed by atoms with van der Waals surface area (Å²) in [5.41, 5.74) is 0.0891. The number of nitrogens with zero attached hydrogens (tertiary/aromatic N) is 4. The molecule has 3 rings (SSSR count). The van der Waals surface area contributed by atoms with E-state index in [1.54, 1.807) is 16.5 Å². The molecular formula is C20H25F3N4O3. The van der Waals surface area contributed by atoms with Crippen molar-refractivity contribution in [3.63, 3.8) is 0 Å². The average Bonchev–Trinajstić information content (AvgIpc) is 3.01. The van der Waals surface area contributed by atoms with Crippen LogP contribution in [0, 0.1) is 6.92 Å². The van der Waals surface area contributed by atoms with Crippen molar-refractivity contribution in [3.05, 3.63) is 30.1 Å². The van der Waals surface area contributed by atoms with Gasteiger partial charge in [0.25, 0.3) is 0 Å². The van der Waals surface area contributed by atoms with Crippen LogP contribution >= 0.6 is 0 Å². The molecule has 0 N–H and O–H groups in total. The smallest absolute Gasteiger partial charge is 0.444 e. The molecule has 0 atom stereocenters. The number of rotatable bonds is 3. The van der Waals surface area contributed by atoms with Gasteiger partial charge in [0.15, 0.2) is 5.82 Å². The Balaban J connectivity index is 1.71. The number of likely N-dealkylation sites (tertiary alicyclic amines) is 1. The zero-order valence-corrected chi connectivity index (χ0v) is 17.4. The van der Waals surface area contributed by atoms with Gasteiger partial charge in [0.1, 0.15) is 17.2 Å². The first-order chi connectivity index (χ1) is 13.9. The van der Waals surface area contributed by atoms with E-state index in [1.165, 1.54) is 24.3 Å². The van der Waals surface area contributed by atoms with Crippen molar-refractivity contribution in [1.82, 2.24) is 19.7 Å². The highest BCUT2D eigenvalue weighted by molar-refractivity contribution is 5.68. The summed E-state index contributed by atoms with van der Waals surface area (Å²) in [6.07, 6.45) is -3.73. The van der Waals surface area contributed by atoms with Crippen LogP contribution in [0.4, 0.5) is 18.0 Å². The Hall–Kier alpha value is -2.78. The monoisotopic (exact) mass is 426 g/mol. The van der Waals surface area contributed by atoms with E-state index in [0.29, 0.717) is 43.1 Å². The van der Waals surface area contributed by atoms with E-state index < -0.39 is 12.0 Å². The van der Waals surface area contributed by atoms with E-state index in [4.69, 9.17) is 4.74 Å². The first-order valence-electron chi connectivity index (χ1n) is 9.68. The van der Waals surface area contributed by atoms with Crippen molar-refractivity contribution in [1.29, 1.82) is 0 Å². The summed E-state index contributed by atoms with van der Waals surface area (Å²) in [7, 11) is 0. The molecule has 0 saturated carbocycles. The molecule has 1 aromatic heterocycles. The molecule has 10 heteroatoms. The molecule has 0 unspecified atom stereocenters. The van der Waals surface area contributed by atoms with Gasteiger partial charge in [-0.3, -0.25) is 0 Å². The third kappa shape index (κ3) is 5.64. The highest BCUT2D eigenvalue weighted by Crippen LogP contribution is 2.30. The van der Waals surface area contributed by atoms with E-state index in [1.807, 2.05) is 20.8 Å². The SMILES string of the molecule is Cc1nc(-c2ccc(OC(F)(F)F)cc2)n(C2CCN(C(=O)OC(C)(C)C)CC2)n1. The molecule has 1 fully saturated rings. The first-order valence-corrected chi connectivity index (χ1v) is 9.68. The van der Waals surface area contributed by atoms with Crippen LogP contribution in [-0.4, -0.2) is 50.8 Å². The predicted molar refractivity (Wildman–Crippen MR) is 103 cm³/mol. The summed E-state index contributed by atoms with van der Waals surface area (Å²) in [6, 6.07) is 5.57. The number of hydrogen-bond acceptors (Lipinski definition) is 5. The summed E-state index contributed by atoms with van der Waals surface area (Å²) < 4.78 is 48.2. The second-order valence-corrected chi connectivity index (χ2v) is 8.20. The zero-order chi connectivity index (χ0) is 22.1. The predicted octanol–water partition coefficient (Wildman–Crippen LogP) is 4.72. The summed E-state index contributed by atoms with van der Waals surface area (Å²) in [4.78, 5) is 18.4. The van der Waals surface area contributed by atoms with E-state index in [2.05, 4.69) is 14.8 Å². The van der Waals surface area contributed by atoms with Gasteiger partial charge in [-0.15, -0.1) is 13.2 Å². The lowest BCUT2D eigenvalue weighted by Gasteiger charge is -2.33. The molecule has 7 nitrogen and oxygen atoms in total. The van der Waals surface area contributed by atoms with Gasteiger partial charge in [-0.05, 0) is 64.8 Å². The third-order valence-electron chi connectivity index (χ3n) is 4.55. The fraction of sp³-hybridized carbons (Fsp3) is 0.550. The summed E-state index contributed by atoms with van der Waals surface area (Å²) in [6.45, 7) is 8.29. The van der Waals surface area contributed by atoms with E-state index in [-0.39, 0.29) is 17.9 Å². The molecule has 1 aliphatic heterocycles. The van der Waals surface area contributed by atoms with Crippen molar-refractivity contribution >= 4 is 6.09 Å². The fourth-order valence-corrected chi connectivity index (χ4v) is 3.31. The van der Waals surface area contributed by atoms with Crippen molar-refractivity contribution in [2.24, 2.45) is 0 Å². The number of aryl methyl sites for hydroxylation is 1. The molecule has 0 aliphatic carbocycles. The number of halogens is 3. The number of carbonyl (C=O) groups is 1. The minimum Gasteiger partial charge on any atom is -0.444 e. The molecule has 2 heterocycles. The Morgan fingerprint density at radius 2 is 1.70 bits per heavy atom. The molecule has 30 heavy (non-hydrogen) atoms. The molecule has 1 amide bonds. The van der Waals surface area contributed by atoms with Crippen LogP contribution in [0.15, 0.2) is 24.3 Å². The van der Waals surface area contributed by atoms with Crippen LogP contribution in [0.3, 0.4) is 0 Å². The molecule has 1 saturated heterocycles. The third-order valence-corrected chi connectivity index (χ3v) is 4.55. The molecule has 0 radical (unpaired) electrons. The minimum atomic E-state index is -4.74. The highest BCUT2D eigenvalue weighted by atomic mass is 19.4. The highest BCUT2D eigenvalue weighted by Gasteiger charge is 2.31. The molecule has 2 aromatic rings. The topological polar surface area (TPSA) is 69.5 Å². The number of ether oxygens (including phenoxy) is 2. The normalized spacial score (nSPS) is 15.9. The van der Waals surface area contributed by atoms with Gasteiger partial charge < -0.3 is 14.4 Å². The number of hydrogen-bond donors (Lipinski definition) is 0. The standard InChI is InChI=1S/C20H25F3N4O3/c1-13-24-17(14-5-7-16(8-6-14)29-20(21,22)23)27(25-13)15-9-11-26(12-10-15)18(28)30-19(2,3)4/h5-8,15H,9-12H2,1-4H3. The van der Waals surface area contributed by atoms with E-state index in [0.717, 1.165) is 0 Å². The van der Waals surface area contributed by atoms with Gasteiger partial charge in [0.2, 0.25) is 0 Å². The van der Waals surface area contributed by atoms with Crippen LogP contribution in [0.25, 0.3) is 11.4 Å². The molecular weight excluding hydrogens is 401 g/mol. The van der Waals surface area contributed by atoms with Gasteiger partial charge in [-0.25, -0.2) is 14.5 Å². The number of piperidine rings is 1. The summed E-state index contributed by atoms with van der Waals surface area (Å²) in [5.74, 6) is 0.844. The van der Waals surface area contributed by atoms with Crippen molar-refractivity contribution in [2.75, 3.05) is 13.1 Å². The lowest BCUT2D eigenvalue weighted by Crippen LogP contribution is -2.42. The Kier molecular flexibility index (Phi) is 5.96. The number of aromatic nitrogens is 3. The average molecular weight is 426 g/mol.